The molecule has 0 spiro atoms. The first-order chi connectivity index (χ1) is 10.5. The quantitative estimate of drug-likeness (QED) is 0.789. The van der Waals surface area contributed by atoms with Crippen LogP contribution in [0.5, 0.6) is 0 Å². The minimum absolute atomic E-state index is 0.291. The molecule has 1 aromatic carbocycles. The molecule has 0 saturated carbocycles. The number of amides is 1. The van der Waals surface area contributed by atoms with Crippen LogP contribution in [0.4, 0.5) is 13.2 Å². The van der Waals surface area contributed by atoms with Crippen LogP contribution in [0.2, 0.25) is 0 Å². The van der Waals surface area contributed by atoms with Crippen molar-refractivity contribution in [1.82, 2.24) is 9.21 Å². The highest BCUT2D eigenvalue weighted by atomic mass is 32.2. The number of carbonyl (C=O) groups excluding carboxylic acids is 1. The van der Waals surface area contributed by atoms with Gasteiger partial charge in [-0.25, -0.2) is 8.42 Å². The molecule has 0 bridgehead atoms. The smallest absolute Gasteiger partial charge is 0.342 e. The van der Waals surface area contributed by atoms with E-state index in [1.165, 1.54) is 11.9 Å². The van der Waals surface area contributed by atoms with Gasteiger partial charge < -0.3 is 4.90 Å². The van der Waals surface area contributed by atoms with Crippen LogP contribution < -0.4 is 0 Å². The lowest BCUT2D eigenvalue weighted by atomic mass is 10.2. The van der Waals surface area contributed by atoms with Gasteiger partial charge in [0.15, 0.2) is 0 Å². The standard InChI is InChI=1S/C14H19F3N2O3S/c1-4-19(5-2)13(20)10-18(3)23(21,22)12-8-6-11(7-9-12)14(15,16)17/h6-9H,4-5,10H2,1-3H3. The highest BCUT2D eigenvalue weighted by molar-refractivity contribution is 7.89. The summed E-state index contributed by atoms with van der Waals surface area (Å²) in [5.41, 5.74) is -0.932. The predicted molar refractivity (Wildman–Crippen MR) is 79.2 cm³/mol. The number of hydrogen-bond donors (Lipinski definition) is 0. The van der Waals surface area contributed by atoms with E-state index < -0.39 is 21.8 Å². The Morgan fingerprint density at radius 2 is 1.57 bits per heavy atom. The fraction of sp³-hybridized carbons (Fsp3) is 0.500. The van der Waals surface area contributed by atoms with Gasteiger partial charge in [-0.15, -0.1) is 0 Å². The van der Waals surface area contributed by atoms with Crippen LogP contribution in [0.25, 0.3) is 0 Å². The summed E-state index contributed by atoms with van der Waals surface area (Å²) in [7, 11) is -2.81. The zero-order chi connectivity index (χ0) is 17.8. The molecule has 0 atom stereocenters. The number of rotatable bonds is 6. The first-order valence-electron chi connectivity index (χ1n) is 6.95. The third-order valence-corrected chi connectivity index (χ3v) is 5.18. The van der Waals surface area contributed by atoms with E-state index in [2.05, 4.69) is 0 Å². The number of likely N-dealkylation sites (N-methyl/N-ethyl adjacent to an activating group) is 2. The molecule has 0 aliphatic carbocycles. The van der Waals surface area contributed by atoms with Gasteiger partial charge in [-0.3, -0.25) is 4.79 Å². The maximum Gasteiger partial charge on any atom is 0.416 e. The van der Waals surface area contributed by atoms with Crippen molar-refractivity contribution in [2.75, 3.05) is 26.7 Å². The average Bonchev–Trinajstić information content (AvgIpc) is 2.47. The van der Waals surface area contributed by atoms with Crippen LogP contribution in [0.1, 0.15) is 19.4 Å². The summed E-state index contributed by atoms with van der Waals surface area (Å²) >= 11 is 0. The fourth-order valence-corrected chi connectivity index (χ4v) is 3.07. The number of hydrogen-bond acceptors (Lipinski definition) is 3. The van der Waals surface area contributed by atoms with Gasteiger partial charge in [0.25, 0.3) is 0 Å². The van der Waals surface area contributed by atoms with Gasteiger partial charge in [0, 0.05) is 20.1 Å². The Labute approximate surface area is 133 Å². The number of halogens is 3. The van der Waals surface area contributed by atoms with Crippen molar-refractivity contribution >= 4 is 15.9 Å². The number of alkyl halides is 3. The van der Waals surface area contributed by atoms with E-state index in [9.17, 15) is 26.4 Å². The first kappa shape index (κ1) is 19.4. The molecule has 0 aliphatic heterocycles. The predicted octanol–water partition coefficient (Wildman–Crippen LogP) is 2.19. The van der Waals surface area contributed by atoms with E-state index >= 15 is 0 Å². The summed E-state index contributed by atoms with van der Waals surface area (Å²) in [5, 5.41) is 0. The van der Waals surface area contributed by atoms with Crippen molar-refractivity contribution in [3.05, 3.63) is 29.8 Å². The van der Waals surface area contributed by atoms with Crippen LogP contribution >= 0.6 is 0 Å². The molecule has 9 heteroatoms. The molecule has 130 valence electrons. The molecule has 0 N–H and O–H groups in total. The second kappa shape index (κ2) is 7.31. The van der Waals surface area contributed by atoms with Gasteiger partial charge in [0.05, 0.1) is 17.0 Å². The van der Waals surface area contributed by atoms with Crippen molar-refractivity contribution in [3.63, 3.8) is 0 Å². The number of carbonyl (C=O) groups is 1. The summed E-state index contributed by atoms with van der Waals surface area (Å²) in [6, 6.07) is 3.17. The summed E-state index contributed by atoms with van der Waals surface area (Å²) in [5.74, 6) is -0.368. The Morgan fingerprint density at radius 3 is 1.96 bits per heavy atom. The number of sulfonamides is 1. The van der Waals surface area contributed by atoms with Crippen LogP contribution in [0.15, 0.2) is 29.2 Å². The molecule has 0 heterocycles. The Kier molecular flexibility index (Phi) is 6.18. The summed E-state index contributed by atoms with van der Waals surface area (Å²) < 4.78 is 62.9. The Balaban J connectivity index is 2.96. The maximum absolute atomic E-state index is 12.5. The second-order valence-electron chi connectivity index (χ2n) is 4.85. The largest absolute Gasteiger partial charge is 0.416 e. The van der Waals surface area contributed by atoms with E-state index in [0.29, 0.717) is 25.2 Å². The van der Waals surface area contributed by atoms with Gasteiger partial charge in [-0.1, -0.05) is 0 Å². The van der Waals surface area contributed by atoms with E-state index in [1.54, 1.807) is 13.8 Å². The van der Waals surface area contributed by atoms with Gasteiger partial charge >= 0.3 is 6.18 Å². The topological polar surface area (TPSA) is 57.7 Å². The van der Waals surface area contributed by atoms with Crippen molar-refractivity contribution in [2.24, 2.45) is 0 Å². The third-order valence-electron chi connectivity index (χ3n) is 3.36. The van der Waals surface area contributed by atoms with Crippen LogP contribution in [-0.2, 0) is 21.0 Å². The molecule has 0 radical (unpaired) electrons. The summed E-state index contributed by atoms with van der Waals surface area (Å²) in [6.45, 7) is 4.07. The van der Waals surface area contributed by atoms with Crippen LogP contribution in [-0.4, -0.2) is 50.2 Å². The molecule has 0 unspecified atom stereocenters. The zero-order valence-corrected chi connectivity index (χ0v) is 13.9. The lowest BCUT2D eigenvalue weighted by Gasteiger charge is -2.23. The lowest BCUT2D eigenvalue weighted by Crippen LogP contribution is -2.40. The molecular formula is C14H19F3N2O3S. The molecule has 23 heavy (non-hydrogen) atoms. The van der Waals surface area contributed by atoms with Gasteiger partial charge in [0.2, 0.25) is 15.9 Å². The SMILES string of the molecule is CCN(CC)C(=O)CN(C)S(=O)(=O)c1ccc(C(F)(F)F)cc1. The Hall–Kier alpha value is -1.61. The minimum Gasteiger partial charge on any atom is -0.342 e. The van der Waals surface area contributed by atoms with Gasteiger partial charge in [0.1, 0.15) is 0 Å². The molecule has 1 rings (SSSR count). The maximum atomic E-state index is 12.5. The van der Waals surface area contributed by atoms with E-state index in [-0.39, 0.29) is 17.3 Å². The summed E-state index contributed by atoms with van der Waals surface area (Å²) in [4.78, 5) is 13.1. The van der Waals surface area contributed by atoms with Gasteiger partial charge in [-0.2, -0.15) is 17.5 Å². The molecular weight excluding hydrogens is 333 g/mol. The number of benzene rings is 1. The fourth-order valence-electron chi connectivity index (χ4n) is 1.95. The van der Waals surface area contributed by atoms with Crippen LogP contribution in [0.3, 0.4) is 0 Å². The Morgan fingerprint density at radius 1 is 1.09 bits per heavy atom. The molecule has 5 nitrogen and oxygen atoms in total. The third kappa shape index (κ3) is 4.68. The highest BCUT2D eigenvalue weighted by Crippen LogP contribution is 2.30. The lowest BCUT2D eigenvalue weighted by molar-refractivity contribution is -0.137. The van der Waals surface area contributed by atoms with E-state index in [1.807, 2.05) is 0 Å². The average molecular weight is 352 g/mol. The molecule has 1 amide bonds. The normalized spacial score (nSPS) is 12.5. The minimum atomic E-state index is -4.53. The number of nitrogens with zero attached hydrogens (tertiary/aromatic N) is 2. The molecule has 0 aromatic heterocycles. The van der Waals surface area contributed by atoms with Crippen molar-refractivity contribution in [3.8, 4) is 0 Å². The van der Waals surface area contributed by atoms with E-state index in [4.69, 9.17) is 0 Å². The molecule has 1 aromatic rings. The second-order valence-corrected chi connectivity index (χ2v) is 6.89. The zero-order valence-electron chi connectivity index (χ0n) is 13.1. The van der Waals surface area contributed by atoms with Crippen molar-refractivity contribution in [2.45, 2.75) is 24.9 Å². The Bertz CT molecular complexity index is 638. The molecule has 0 fully saturated rings. The van der Waals surface area contributed by atoms with Crippen molar-refractivity contribution < 1.29 is 26.4 Å². The monoisotopic (exact) mass is 352 g/mol. The van der Waals surface area contributed by atoms with Crippen molar-refractivity contribution in [1.29, 1.82) is 0 Å². The molecule has 0 aliphatic rings. The first-order valence-corrected chi connectivity index (χ1v) is 8.39. The van der Waals surface area contributed by atoms with Crippen LogP contribution in [0, 0.1) is 0 Å². The molecule has 0 saturated heterocycles. The van der Waals surface area contributed by atoms with Gasteiger partial charge in [-0.05, 0) is 38.1 Å². The highest BCUT2D eigenvalue weighted by Gasteiger charge is 2.31. The van der Waals surface area contributed by atoms with E-state index in [0.717, 1.165) is 16.4 Å². The summed E-state index contributed by atoms with van der Waals surface area (Å²) in [6.07, 6.45) is -4.53.